The summed E-state index contributed by atoms with van der Waals surface area (Å²) in [5, 5.41) is 1.74. The van der Waals surface area contributed by atoms with Gasteiger partial charge < -0.3 is 4.74 Å². The average Bonchev–Trinajstić information content (AvgIpc) is 3.19. The first-order chi connectivity index (χ1) is 11.4. The molecule has 1 aromatic carbocycles. The molecule has 0 spiro atoms. The molecule has 3 rings (SSSR count). The van der Waals surface area contributed by atoms with Gasteiger partial charge in [-0.25, -0.2) is 8.42 Å². The Morgan fingerprint density at radius 1 is 1.33 bits per heavy atom. The van der Waals surface area contributed by atoms with E-state index in [9.17, 15) is 17.2 Å². The van der Waals surface area contributed by atoms with E-state index in [0.717, 1.165) is 29.9 Å². The number of alkyl halides is 2. The molecule has 0 saturated carbocycles. The number of ether oxygens (including phenoxy) is 1. The average molecular weight is 394 g/mol. The molecule has 2 aromatic rings. The van der Waals surface area contributed by atoms with Gasteiger partial charge in [-0.05, 0) is 42.5 Å². The van der Waals surface area contributed by atoms with Crippen LogP contribution in [0.25, 0.3) is 0 Å². The summed E-state index contributed by atoms with van der Waals surface area (Å²) < 4.78 is 56.1. The van der Waals surface area contributed by atoms with Crippen LogP contribution in [-0.4, -0.2) is 25.9 Å². The molecule has 1 aliphatic heterocycles. The van der Waals surface area contributed by atoms with Gasteiger partial charge in [-0.1, -0.05) is 17.7 Å². The number of rotatable bonds is 5. The Labute approximate surface area is 147 Å². The molecule has 1 atom stereocenters. The number of benzene rings is 1. The van der Waals surface area contributed by atoms with E-state index >= 15 is 0 Å². The molecule has 0 radical (unpaired) electrons. The molecule has 24 heavy (non-hydrogen) atoms. The van der Waals surface area contributed by atoms with E-state index < -0.39 is 16.6 Å². The molecule has 0 amide bonds. The van der Waals surface area contributed by atoms with E-state index in [-0.39, 0.29) is 21.7 Å². The molecule has 0 bridgehead atoms. The second-order valence-corrected chi connectivity index (χ2v) is 8.54. The molecule has 1 unspecified atom stereocenters. The van der Waals surface area contributed by atoms with Crippen molar-refractivity contribution in [1.82, 2.24) is 4.31 Å². The molecule has 0 N–H and O–H groups in total. The van der Waals surface area contributed by atoms with Crippen molar-refractivity contribution >= 4 is 33.0 Å². The van der Waals surface area contributed by atoms with Crippen molar-refractivity contribution in [1.29, 1.82) is 0 Å². The van der Waals surface area contributed by atoms with E-state index in [1.54, 1.807) is 0 Å². The molecule has 9 heteroatoms. The number of thiophene rings is 1. The molecule has 130 valence electrons. The third kappa shape index (κ3) is 3.42. The SMILES string of the molecule is O=S(=O)(c1ccc(OC(F)F)c(Cl)c1)N1CCCC1c1cccs1. The first-order valence-corrected chi connectivity index (χ1v) is 9.89. The summed E-state index contributed by atoms with van der Waals surface area (Å²) in [6.45, 7) is -2.61. The molecular formula is C15H14ClF2NO3S2. The second-order valence-electron chi connectivity index (χ2n) is 5.26. The van der Waals surface area contributed by atoms with Gasteiger partial charge in [-0.2, -0.15) is 13.1 Å². The van der Waals surface area contributed by atoms with Crippen LogP contribution >= 0.6 is 22.9 Å². The zero-order valence-corrected chi connectivity index (χ0v) is 14.8. The van der Waals surface area contributed by atoms with Crippen LogP contribution in [0.2, 0.25) is 5.02 Å². The van der Waals surface area contributed by atoms with Crippen LogP contribution in [0.1, 0.15) is 23.8 Å². The summed E-state index contributed by atoms with van der Waals surface area (Å²) in [6, 6.07) is 7.14. The molecule has 4 nitrogen and oxygen atoms in total. The third-order valence-electron chi connectivity index (χ3n) is 3.80. The summed E-state index contributed by atoms with van der Waals surface area (Å²) in [5.41, 5.74) is 0. The van der Waals surface area contributed by atoms with Gasteiger partial charge >= 0.3 is 6.61 Å². The van der Waals surface area contributed by atoms with E-state index in [1.807, 2.05) is 17.5 Å². The highest BCUT2D eigenvalue weighted by Crippen LogP contribution is 2.39. The van der Waals surface area contributed by atoms with Crippen molar-refractivity contribution in [3.05, 3.63) is 45.6 Å². The molecule has 1 fully saturated rings. The minimum Gasteiger partial charge on any atom is -0.433 e. The van der Waals surface area contributed by atoms with E-state index in [4.69, 9.17) is 11.6 Å². The normalized spacial score (nSPS) is 19.1. The maximum absolute atomic E-state index is 12.9. The highest BCUT2D eigenvalue weighted by molar-refractivity contribution is 7.89. The summed E-state index contributed by atoms with van der Waals surface area (Å²) in [4.78, 5) is 0.956. The van der Waals surface area contributed by atoms with Crippen molar-refractivity contribution in [3.8, 4) is 5.75 Å². The molecule has 1 aromatic heterocycles. The van der Waals surface area contributed by atoms with Crippen LogP contribution in [0, 0.1) is 0 Å². The summed E-state index contributed by atoms with van der Waals surface area (Å²) in [7, 11) is -3.77. The van der Waals surface area contributed by atoms with Crippen molar-refractivity contribution < 1.29 is 21.9 Å². The number of hydrogen-bond donors (Lipinski definition) is 0. The fourth-order valence-electron chi connectivity index (χ4n) is 2.76. The van der Waals surface area contributed by atoms with Gasteiger partial charge in [0, 0.05) is 11.4 Å². The molecular weight excluding hydrogens is 380 g/mol. The van der Waals surface area contributed by atoms with E-state index in [1.165, 1.54) is 21.7 Å². The van der Waals surface area contributed by atoms with Gasteiger partial charge in [-0.15, -0.1) is 11.3 Å². The van der Waals surface area contributed by atoms with Crippen molar-refractivity contribution in [2.24, 2.45) is 0 Å². The largest absolute Gasteiger partial charge is 0.433 e. The van der Waals surface area contributed by atoms with Gasteiger partial charge in [0.1, 0.15) is 5.75 Å². The van der Waals surface area contributed by atoms with Crippen molar-refractivity contribution in [2.45, 2.75) is 30.4 Å². The first kappa shape index (κ1) is 17.6. The molecule has 1 saturated heterocycles. The van der Waals surface area contributed by atoms with Gasteiger partial charge in [0.15, 0.2) is 0 Å². The predicted molar refractivity (Wildman–Crippen MR) is 88.3 cm³/mol. The maximum Gasteiger partial charge on any atom is 0.387 e. The number of hydrogen-bond acceptors (Lipinski definition) is 4. The summed E-state index contributed by atoms with van der Waals surface area (Å²) in [6.07, 6.45) is 1.52. The number of halogens is 3. The zero-order valence-electron chi connectivity index (χ0n) is 12.4. The Kier molecular flexibility index (Phi) is 5.10. The van der Waals surface area contributed by atoms with Gasteiger partial charge in [0.2, 0.25) is 10.0 Å². The second kappa shape index (κ2) is 6.95. The minimum absolute atomic E-state index is 0.0300. The monoisotopic (exact) mass is 393 g/mol. The Morgan fingerprint density at radius 2 is 2.12 bits per heavy atom. The van der Waals surface area contributed by atoms with Crippen molar-refractivity contribution in [2.75, 3.05) is 6.54 Å². The van der Waals surface area contributed by atoms with E-state index in [2.05, 4.69) is 4.74 Å². The van der Waals surface area contributed by atoms with E-state index in [0.29, 0.717) is 6.54 Å². The Morgan fingerprint density at radius 3 is 2.75 bits per heavy atom. The third-order valence-corrected chi connectivity index (χ3v) is 6.97. The lowest BCUT2D eigenvalue weighted by atomic mass is 10.2. The standard InChI is InChI=1S/C15H14ClF2NO3S2/c16-11-9-10(5-6-13(11)22-15(17)18)24(20,21)19-7-1-3-12(19)14-4-2-8-23-14/h2,4-6,8-9,12,15H,1,3,7H2. The molecule has 2 heterocycles. The van der Waals surface area contributed by atoms with Gasteiger partial charge in [0.25, 0.3) is 0 Å². The predicted octanol–water partition coefficient (Wildman–Crippen LogP) is 4.53. The van der Waals surface area contributed by atoms with Crippen LogP contribution in [0.4, 0.5) is 8.78 Å². The van der Waals surface area contributed by atoms with Crippen LogP contribution in [0.15, 0.2) is 40.6 Å². The van der Waals surface area contributed by atoms with Crippen molar-refractivity contribution in [3.63, 3.8) is 0 Å². The summed E-state index contributed by atoms with van der Waals surface area (Å²) >= 11 is 7.40. The lowest BCUT2D eigenvalue weighted by Crippen LogP contribution is -2.30. The fraction of sp³-hybridized carbons (Fsp3) is 0.333. The topological polar surface area (TPSA) is 46.6 Å². The summed E-state index contributed by atoms with van der Waals surface area (Å²) in [5.74, 6) is -0.248. The molecule has 0 aliphatic carbocycles. The zero-order chi connectivity index (χ0) is 17.3. The molecule has 1 aliphatic rings. The first-order valence-electron chi connectivity index (χ1n) is 7.19. The van der Waals surface area contributed by atoms with Crippen LogP contribution < -0.4 is 4.74 Å². The highest BCUT2D eigenvalue weighted by Gasteiger charge is 2.36. The number of sulfonamides is 1. The number of nitrogens with zero attached hydrogens (tertiary/aromatic N) is 1. The van der Waals surface area contributed by atoms with Gasteiger partial charge in [0.05, 0.1) is 16.0 Å². The maximum atomic E-state index is 12.9. The highest BCUT2D eigenvalue weighted by atomic mass is 35.5. The van der Waals surface area contributed by atoms with Gasteiger partial charge in [-0.3, -0.25) is 0 Å². The quantitative estimate of drug-likeness (QED) is 0.749. The fourth-order valence-corrected chi connectivity index (χ4v) is 5.69. The smallest absolute Gasteiger partial charge is 0.387 e. The van der Waals surface area contributed by atoms with Crippen LogP contribution in [0.3, 0.4) is 0 Å². The lowest BCUT2D eigenvalue weighted by molar-refractivity contribution is -0.0498. The Balaban J connectivity index is 1.91. The van der Waals surface area contributed by atoms with Crippen LogP contribution in [0.5, 0.6) is 5.75 Å². The Hall–Kier alpha value is -1.22. The van der Waals surface area contributed by atoms with Crippen LogP contribution in [-0.2, 0) is 10.0 Å². The Bertz CT molecular complexity index is 812. The minimum atomic E-state index is -3.77. The lowest BCUT2D eigenvalue weighted by Gasteiger charge is -2.23.